The summed E-state index contributed by atoms with van der Waals surface area (Å²) >= 11 is 0. The molecular formula is C51H65N6O8Si-. The molecule has 1 aliphatic carbocycles. The van der Waals surface area contributed by atoms with E-state index in [9.17, 15) is 29.4 Å². The minimum atomic E-state index is -2.26. The molecule has 3 amide bonds. The molecule has 352 valence electrons. The van der Waals surface area contributed by atoms with Gasteiger partial charge in [0.25, 0.3) is 0 Å². The third-order valence-corrected chi connectivity index (χ3v) is 17.0. The maximum absolute atomic E-state index is 13.1. The zero-order valence-corrected chi connectivity index (χ0v) is 40.5. The van der Waals surface area contributed by atoms with Crippen LogP contribution in [0.4, 0.5) is 21.0 Å². The van der Waals surface area contributed by atoms with E-state index in [2.05, 4.69) is 59.8 Å². The van der Waals surface area contributed by atoms with Gasteiger partial charge >= 0.3 is 6.09 Å². The molecule has 1 aliphatic rings. The van der Waals surface area contributed by atoms with Crippen molar-refractivity contribution in [3.63, 3.8) is 0 Å². The molecule has 1 atom stereocenters. The van der Waals surface area contributed by atoms with Crippen molar-refractivity contribution in [3.05, 3.63) is 118 Å². The van der Waals surface area contributed by atoms with Crippen molar-refractivity contribution >= 4 is 48.7 Å². The fourth-order valence-electron chi connectivity index (χ4n) is 8.09. The monoisotopic (exact) mass is 917 g/mol. The molecule has 5 aromatic rings. The Balaban J connectivity index is 1.06. The van der Waals surface area contributed by atoms with E-state index < -0.39 is 26.1 Å². The number of carbonyl (C=O) groups excluding carboxylic acids is 3. The van der Waals surface area contributed by atoms with Crippen molar-refractivity contribution in [2.75, 3.05) is 16.8 Å². The van der Waals surface area contributed by atoms with Gasteiger partial charge in [-0.25, -0.2) is 4.79 Å². The van der Waals surface area contributed by atoms with Gasteiger partial charge in [-0.05, 0) is 124 Å². The first-order chi connectivity index (χ1) is 31.2. The number of carbonyl (C=O) groups is 3. The molecule has 14 nitrogen and oxygen atoms in total. The number of carboxylic acid groups (broad SMARTS) is 1. The van der Waals surface area contributed by atoms with Crippen molar-refractivity contribution in [2.45, 2.75) is 135 Å². The van der Waals surface area contributed by atoms with Gasteiger partial charge in [0.1, 0.15) is 17.4 Å². The van der Waals surface area contributed by atoms with Crippen LogP contribution < -0.4 is 31.5 Å². The summed E-state index contributed by atoms with van der Waals surface area (Å²) in [6.45, 7) is 17.2. The number of pyridine rings is 2. The van der Waals surface area contributed by atoms with Crippen LogP contribution in [0.2, 0.25) is 18.1 Å². The standard InChI is InChI=1S/C51H66N6O8Si/c1-50(2,3)64-48(61)55-35-20-22-38(23-21-35)57(49(62)63)42-29-33(17-24-39(42)34-14-10-9-11-15-34)13-12-16-45(59)54-37-19-18-36(53-31-37)30-52-32-44(65-66(7,8)51(4,5)6)40-25-27-43(58)47-41(40)26-28-46(60)56-47/h9-11,14-15,17-19,24-29,31,35,38,44,52,58H,12-13,16,20-23,30,32H2,1-8H3,(H,54,59)(H,55,61)(H,56,60)(H,62,63)/p-1/t35?,38?,44-/m0/s1. The second kappa shape index (κ2) is 21.1. The second-order valence-electron chi connectivity index (χ2n) is 19.7. The fourth-order valence-corrected chi connectivity index (χ4v) is 9.36. The van der Waals surface area contributed by atoms with Crippen molar-refractivity contribution in [3.8, 4) is 16.9 Å². The number of nitrogens with one attached hydrogen (secondary N) is 4. The van der Waals surface area contributed by atoms with Crippen LogP contribution in [0, 0.1) is 0 Å². The highest BCUT2D eigenvalue weighted by Gasteiger charge is 2.40. The molecule has 0 unspecified atom stereocenters. The van der Waals surface area contributed by atoms with E-state index in [1.807, 2.05) is 87.5 Å². The van der Waals surface area contributed by atoms with Gasteiger partial charge in [-0.15, -0.1) is 0 Å². The van der Waals surface area contributed by atoms with Crippen LogP contribution in [0.3, 0.4) is 0 Å². The number of anilines is 2. The average molecular weight is 918 g/mol. The van der Waals surface area contributed by atoms with Gasteiger partial charge in [0.15, 0.2) is 8.32 Å². The van der Waals surface area contributed by atoms with Crippen molar-refractivity contribution in [1.82, 2.24) is 20.6 Å². The van der Waals surface area contributed by atoms with E-state index in [0.29, 0.717) is 73.9 Å². The van der Waals surface area contributed by atoms with Gasteiger partial charge in [-0.3, -0.25) is 14.6 Å². The molecule has 6 rings (SSSR count). The van der Waals surface area contributed by atoms with Crippen LogP contribution in [-0.2, 0) is 26.9 Å². The summed E-state index contributed by atoms with van der Waals surface area (Å²) in [7, 11) is -2.26. The first-order valence-electron chi connectivity index (χ1n) is 22.8. The molecule has 66 heavy (non-hydrogen) atoms. The summed E-state index contributed by atoms with van der Waals surface area (Å²) in [6.07, 6.45) is 3.07. The number of H-pyrrole nitrogens is 1. The number of hydrogen-bond donors (Lipinski definition) is 5. The van der Waals surface area contributed by atoms with E-state index in [0.717, 1.165) is 27.9 Å². The maximum Gasteiger partial charge on any atom is 0.407 e. The third-order valence-electron chi connectivity index (χ3n) is 12.5. The first kappa shape index (κ1) is 49.4. The van der Waals surface area contributed by atoms with Crippen molar-refractivity contribution in [1.29, 1.82) is 0 Å². The summed E-state index contributed by atoms with van der Waals surface area (Å²) < 4.78 is 12.3. The Morgan fingerprint density at radius 1 is 0.939 bits per heavy atom. The van der Waals surface area contributed by atoms with Gasteiger partial charge in [0.05, 0.1) is 34.9 Å². The number of rotatable bonds is 16. The third kappa shape index (κ3) is 13.1. The molecule has 2 aromatic heterocycles. The topological polar surface area (TPSA) is 198 Å². The number of phenolic OH excluding ortho intramolecular Hbond substituents is 1. The van der Waals surface area contributed by atoms with Crippen LogP contribution in [0.5, 0.6) is 5.75 Å². The lowest BCUT2D eigenvalue weighted by Gasteiger charge is -2.39. The van der Waals surface area contributed by atoms with E-state index in [1.54, 1.807) is 18.3 Å². The van der Waals surface area contributed by atoms with Crippen LogP contribution in [0.1, 0.15) is 103 Å². The van der Waals surface area contributed by atoms with Crippen molar-refractivity contribution in [2.24, 2.45) is 0 Å². The largest absolute Gasteiger partial charge is 0.530 e. The number of aromatic nitrogens is 2. The number of aryl methyl sites for hydroxylation is 1. The Hall–Kier alpha value is -6.03. The Bertz CT molecular complexity index is 2530. The van der Waals surface area contributed by atoms with Crippen LogP contribution >= 0.6 is 0 Å². The summed E-state index contributed by atoms with van der Waals surface area (Å²) in [6, 6.07) is 25.3. The predicted molar refractivity (Wildman–Crippen MR) is 260 cm³/mol. The molecule has 0 spiro atoms. The highest BCUT2D eigenvalue weighted by atomic mass is 28.4. The lowest BCUT2D eigenvalue weighted by atomic mass is 9.89. The second-order valence-corrected chi connectivity index (χ2v) is 24.5. The van der Waals surface area contributed by atoms with Gasteiger partial charge in [-0.1, -0.05) is 69.3 Å². The maximum atomic E-state index is 13.1. The Morgan fingerprint density at radius 2 is 1.67 bits per heavy atom. The minimum absolute atomic E-state index is 0.00486. The number of benzene rings is 3. The van der Waals surface area contributed by atoms with Gasteiger partial charge in [0, 0.05) is 48.6 Å². The predicted octanol–water partition coefficient (Wildman–Crippen LogP) is 9.10. The molecule has 1 fully saturated rings. The Morgan fingerprint density at radius 3 is 2.32 bits per heavy atom. The highest BCUT2D eigenvalue weighted by Crippen LogP contribution is 2.41. The number of hydrogen-bond acceptors (Lipinski definition) is 10. The summed E-state index contributed by atoms with van der Waals surface area (Å²) in [5, 5.41) is 33.5. The fraction of sp³-hybridized carbons (Fsp3) is 0.431. The van der Waals surface area contributed by atoms with Crippen molar-refractivity contribution < 1.29 is 33.8 Å². The number of aromatic hydroxyl groups is 1. The van der Waals surface area contributed by atoms with Crippen LogP contribution in [0.15, 0.2) is 95.9 Å². The van der Waals surface area contributed by atoms with E-state index >= 15 is 0 Å². The summed E-state index contributed by atoms with van der Waals surface area (Å²) in [5.74, 6) is -0.167. The SMILES string of the molecule is CC(C)(C)OC(=O)NC1CCC(N(C(=O)[O-])c2cc(CCCC(=O)Nc3ccc(CNC[C@H](O[Si](C)(C)C(C)(C)C)c4ccc(O)c5[nH]c(=O)ccc45)nc3)ccc2-c2ccccc2)CC1. The molecule has 0 saturated heterocycles. The lowest BCUT2D eigenvalue weighted by molar-refractivity contribution is -0.247. The lowest BCUT2D eigenvalue weighted by Crippen LogP contribution is -2.51. The number of nitrogens with zero attached hydrogens (tertiary/aromatic N) is 2. The van der Waals surface area contributed by atoms with E-state index in [1.165, 1.54) is 11.0 Å². The minimum Gasteiger partial charge on any atom is -0.530 e. The van der Waals surface area contributed by atoms with Crippen LogP contribution in [0.25, 0.3) is 22.0 Å². The highest BCUT2D eigenvalue weighted by molar-refractivity contribution is 6.74. The molecular weight excluding hydrogens is 853 g/mol. The zero-order valence-electron chi connectivity index (χ0n) is 39.5. The van der Waals surface area contributed by atoms with Crippen LogP contribution in [-0.4, -0.2) is 65.7 Å². The van der Waals surface area contributed by atoms with Gasteiger partial charge in [-0.2, -0.15) is 0 Å². The Labute approximate surface area is 388 Å². The molecule has 3 aromatic carbocycles. The molecule has 5 N–H and O–H groups in total. The Kier molecular flexibility index (Phi) is 15.8. The summed E-state index contributed by atoms with van der Waals surface area (Å²) in [4.78, 5) is 59.3. The first-order valence-corrected chi connectivity index (χ1v) is 25.7. The number of phenols is 1. The molecule has 1 saturated carbocycles. The quantitative estimate of drug-likeness (QED) is 0.0595. The number of ether oxygens (including phenoxy) is 1. The smallest absolute Gasteiger partial charge is 0.407 e. The molecule has 2 heterocycles. The number of amides is 3. The van der Waals surface area contributed by atoms with Gasteiger partial charge < -0.3 is 50.0 Å². The normalized spacial score (nSPS) is 16.1. The number of fused-ring (bicyclic) bond motifs is 1. The molecule has 0 bridgehead atoms. The molecule has 0 radical (unpaired) electrons. The molecule has 15 heteroatoms. The summed E-state index contributed by atoms with van der Waals surface area (Å²) in [5.41, 5.74) is 4.74. The van der Waals surface area contributed by atoms with Gasteiger partial charge in [0.2, 0.25) is 11.5 Å². The zero-order chi connectivity index (χ0) is 47.8. The number of alkyl carbamates (subject to hydrolysis) is 1. The average Bonchev–Trinajstić information content (AvgIpc) is 3.24. The molecule has 0 aliphatic heterocycles. The number of aromatic amines is 1. The van der Waals surface area contributed by atoms with E-state index in [4.69, 9.17) is 9.16 Å². The van der Waals surface area contributed by atoms with E-state index in [-0.39, 0.29) is 46.9 Å².